The molecule has 2 heterocycles. The molecule has 0 aromatic carbocycles. The summed E-state index contributed by atoms with van der Waals surface area (Å²) in [5.41, 5.74) is 14.4. The van der Waals surface area contributed by atoms with E-state index >= 15 is 0 Å². The van der Waals surface area contributed by atoms with Crippen molar-refractivity contribution in [1.82, 2.24) is 10.6 Å². The number of nitrogens with one attached hydrogen (secondary N) is 2. The molecule has 0 radical (unpaired) electrons. The van der Waals surface area contributed by atoms with E-state index in [0.29, 0.717) is 11.6 Å². The van der Waals surface area contributed by atoms with Gasteiger partial charge in [0, 0.05) is 18.5 Å². The fraction of sp³-hybridized carbons (Fsp3) is 0.714. The van der Waals surface area contributed by atoms with Crippen LogP contribution in [0.25, 0.3) is 0 Å². The predicted molar refractivity (Wildman–Crippen MR) is 117 cm³/mol. The zero-order valence-corrected chi connectivity index (χ0v) is 18.2. The Kier molecular flexibility index (Phi) is 8.68. The van der Waals surface area contributed by atoms with Crippen LogP contribution in [0, 0.1) is 11.3 Å². The standard InChI is InChI=1S/C21H36ClN5O/c1-4-8-21(5-2)9-6-15(22)12-26-16(11-21)18(19(23)24)20(28)27-17-13-25-10-7-14(17)3/h6,12,16,18-19,25H,4-5,7-11,13,23-24H2,1-3H3,(H,27,28)/b15-6+,26-12?. The maximum Gasteiger partial charge on any atom is 0.232 e. The maximum atomic E-state index is 13.2. The molecule has 0 aromatic rings. The highest BCUT2D eigenvalue weighted by molar-refractivity contribution is 6.39. The third kappa shape index (κ3) is 5.89. The minimum absolute atomic E-state index is 0.0479. The summed E-state index contributed by atoms with van der Waals surface area (Å²) in [6.45, 7) is 8.01. The first-order chi connectivity index (χ1) is 13.3. The Bertz CT molecular complexity index is 643. The van der Waals surface area contributed by atoms with Crippen LogP contribution in [0.3, 0.4) is 0 Å². The van der Waals surface area contributed by atoms with Gasteiger partial charge in [-0.25, -0.2) is 0 Å². The molecule has 2 rings (SSSR count). The number of carbonyl (C=O) groups is 1. The molecule has 3 atom stereocenters. The molecule has 0 saturated carbocycles. The van der Waals surface area contributed by atoms with Crippen LogP contribution in [0.15, 0.2) is 27.4 Å². The molecule has 2 aliphatic heterocycles. The van der Waals surface area contributed by atoms with Gasteiger partial charge in [-0.15, -0.1) is 0 Å². The topological polar surface area (TPSA) is 106 Å². The molecule has 7 heteroatoms. The van der Waals surface area contributed by atoms with E-state index in [1.165, 1.54) is 5.57 Å². The quantitative estimate of drug-likeness (QED) is 0.485. The predicted octanol–water partition coefficient (Wildman–Crippen LogP) is 2.78. The van der Waals surface area contributed by atoms with Crippen LogP contribution in [0.1, 0.15) is 59.3 Å². The van der Waals surface area contributed by atoms with Crippen molar-refractivity contribution < 1.29 is 4.79 Å². The number of aliphatic imine (C=N–C) groups is 1. The third-order valence-corrected chi connectivity index (χ3v) is 6.44. The van der Waals surface area contributed by atoms with Crippen LogP contribution in [0.2, 0.25) is 0 Å². The van der Waals surface area contributed by atoms with Gasteiger partial charge in [0.2, 0.25) is 5.91 Å². The number of nitrogens with zero attached hydrogens (tertiary/aromatic N) is 1. The van der Waals surface area contributed by atoms with Gasteiger partial charge in [-0.3, -0.25) is 9.79 Å². The Morgan fingerprint density at radius 1 is 1.46 bits per heavy atom. The molecule has 158 valence electrons. The normalized spacial score (nSPS) is 29.1. The molecule has 0 saturated heterocycles. The van der Waals surface area contributed by atoms with Crippen molar-refractivity contribution in [3.63, 3.8) is 0 Å². The maximum absolute atomic E-state index is 13.2. The summed E-state index contributed by atoms with van der Waals surface area (Å²) < 4.78 is 0. The fourth-order valence-corrected chi connectivity index (χ4v) is 4.45. The van der Waals surface area contributed by atoms with Gasteiger partial charge >= 0.3 is 0 Å². The zero-order chi connectivity index (χ0) is 20.7. The van der Waals surface area contributed by atoms with Crippen LogP contribution < -0.4 is 22.1 Å². The zero-order valence-electron chi connectivity index (χ0n) is 17.4. The molecule has 0 aromatic heterocycles. The molecule has 0 spiro atoms. The van der Waals surface area contributed by atoms with Gasteiger partial charge in [-0.1, -0.05) is 49.9 Å². The molecule has 0 aliphatic carbocycles. The lowest BCUT2D eigenvalue weighted by molar-refractivity contribution is -0.125. The number of nitrogens with two attached hydrogens (primary N) is 2. The highest BCUT2D eigenvalue weighted by Gasteiger charge is 2.39. The second-order valence-electron chi connectivity index (χ2n) is 8.22. The fourth-order valence-electron chi connectivity index (χ4n) is 4.31. The molecule has 0 fully saturated rings. The van der Waals surface area contributed by atoms with Crippen LogP contribution in [0.5, 0.6) is 0 Å². The smallest absolute Gasteiger partial charge is 0.232 e. The van der Waals surface area contributed by atoms with Gasteiger partial charge in [0.25, 0.3) is 0 Å². The van der Waals surface area contributed by atoms with E-state index < -0.39 is 12.1 Å². The number of allylic oxidation sites excluding steroid dienone is 2. The highest BCUT2D eigenvalue weighted by Crippen LogP contribution is 2.41. The van der Waals surface area contributed by atoms with Crippen LogP contribution in [0.4, 0.5) is 0 Å². The van der Waals surface area contributed by atoms with E-state index in [4.69, 9.17) is 23.1 Å². The average molecular weight is 410 g/mol. The van der Waals surface area contributed by atoms with E-state index in [1.807, 2.05) is 6.08 Å². The molecular formula is C21H36ClN5O. The summed E-state index contributed by atoms with van der Waals surface area (Å²) in [5.74, 6) is -0.763. The first-order valence-corrected chi connectivity index (χ1v) is 10.8. The summed E-state index contributed by atoms with van der Waals surface area (Å²) in [7, 11) is 0. The average Bonchev–Trinajstić information content (AvgIpc) is 2.64. The first kappa shape index (κ1) is 23.1. The second kappa shape index (κ2) is 10.5. The molecule has 0 bridgehead atoms. The second-order valence-corrected chi connectivity index (χ2v) is 8.66. The number of hydrogen-bond donors (Lipinski definition) is 4. The largest absolute Gasteiger partial charge is 0.328 e. The number of rotatable bonds is 7. The molecular weight excluding hydrogens is 374 g/mol. The van der Waals surface area contributed by atoms with Gasteiger partial charge in [0.1, 0.15) is 0 Å². The Labute approximate surface area is 174 Å². The SMILES string of the molecule is CCCC1(CC)C/C=C(/Cl)C=NC(C(C(=O)NC2=C(C)CCNC2)C(N)N)C1. The van der Waals surface area contributed by atoms with E-state index in [1.54, 1.807) is 6.21 Å². The van der Waals surface area contributed by atoms with E-state index in [-0.39, 0.29) is 17.4 Å². The van der Waals surface area contributed by atoms with Crippen molar-refractivity contribution in [2.24, 2.45) is 27.8 Å². The monoisotopic (exact) mass is 409 g/mol. The van der Waals surface area contributed by atoms with E-state index in [2.05, 4.69) is 36.4 Å². The summed E-state index contributed by atoms with van der Waals surface area (Å²) in [5, 5.41) is 6.97. The van der Waals surface area contributed by atoms with Crippen molar-refractivity contribution >= 4 is 23.7 Å². The lowest BCUT2D eigenvalue weighted by Crippen LogP contribution is -2.53. The number of carbonyl (C=O) groups excluding carboxylic acids is 1. The molecule has 6 N–H and O–H groups in total. The molecule has 2 aliphatic rings. The van der Waals surface area contributed by atoms with Gasteiger partial charge in [0.15, 0.2) is 0 Å². The Hall–Kier alpha value is -1.21. The van der Waals surface area contributed by atoms with Gasteiger partial charge in [-0.2, -0.15) is 0 Å². The van der Waals surface area contributed by atoms with Crippen molar-refractivity contribution in [1.29, 1.82) is 0 Å². The van der Waals surface area contributed by atoms with Gasteiger partial charge in [-0.05, 0) is 44.6 Å². The number of amides is 1. The third-order valence-electron chi connectivity index (χ3n) is 6.19. The highest BCUT2D eigenvalue weighted by atomic mass is 35.5. The van der Waals surface area contributed by atoms with E-state index in [9.17, 15) is 4.79 Å². The van der Waals surface area contributed by atoms with Gasteiger partial charge < -0.3 is 22.1 Å². The minimum Gasteiger partial charge on any atom is -0.328 e. The van der Waals surface area contributed by atoms with Gasteiger partial charge in [0.05, 0.1) is 23.2 Å². The van der Waals surface area contributed by atoms with Crippen molar-refractivity contribution in [3.8, 4) is 0 Å². The van der Waals surface area contributed by atoms with Crippen LogP contribution >= 0.6 is 11.6 Å². The van der Waals surface area contributed by atoms with Crippen LogP contribution in [-0.4, -0.2) is 37.4 Å². The lowest BCUT2D eigenvalue weighted by atomic mass is 9.70. The number of halogens is 1. The minimum atomic E-state index is -0.794. The summed E-state index contributed by atoms with van der Waals surface area (Å²) in [4.78, 5) is 17.8. The van der Waals surface area contributed by atoms with Crippen molar-refractivity contribution in [2.75, 3.05) is 13.1 Å². The van der Waals surface area contributed by atoms with Crippen molar-refractivity contribution in [3.05, 3.63) is 22.4 Å². The number of hydrogen-bond acceptors (Lipinski definition) is 5. The molecule has 6 nitrogen and oxygen atoms in total. The summed E-state index contributed by atoms with van der Waals surface area (Å²) in [6, 6.07) is -0.300. The molecule has 1 amide bonds. The summed E-state index contributed by atoms with van der Waals surface area (Å²) >= 11 is 6.31. The molecule has 28 heavy (non-hydrogen) atoms. The Morgan fingerprint density at radius 3 is 2.82 bits per heavy atom. The van der Waals surface area contributed by atoms with Crippen LogP contribution in [-0.2, 0) is 4.79 Å². The Morgan fingerprint density at radius 2 is 2.21 bits per heavy atom. The molecule has 3 unspecified atom stereocenters. The van der Waals surface area contributed by atoms with Crippen molar-refractivity contribution in [2.45, 2.75) is 71.5 Å². The summed E-state index contributed by atoms with van der Waals surface area (Å²) in [6.07, 6.45) is 8.58. The lowest BCUT2D eigenvalue weighted by Gasteiger charge is -2.38. The van der Waals surface area contributed by atoms with E-state index in [0.717, 1.165) is 50.8 Å². The first-order valence-electron chi connectivity index (χ1n) is 10.4. The Balaban J connectivity index is 2.30.